The Morgan fingerprint density at radius 2 is 1.79 bits per heavy atom. The van der Waals surface area contributed by atoms with Crippen molar-refractivity contribution in [1.82, 2.24) is 19.5 Å². The maximum Gasteiger partial charge on any atom is 0.225 e. The van der Waals surface area contributed by atoms with Crippen LogP contribution in [0.1, 0.15) is 23.9 Å². The number of aromatic nitrogens is 4. The molecule has 4 aromatic rings. The highest BCUT2D eigenvalue weighted by molar-refractivity contribution is 5.83. The summed E-state index contributed by atoms with van der Waals surface area (Å²) in [6, 6.07) is 17.0. The van der Waals surface area contributed by atoms with Gasteiger partial charge in [-0.15, -0.1) is 0 Å². The van der Waals surface area contributed by atoms with Crippen molar-refractivity contribution in [3.05, 3.63) is 72.3 Å². The van der Waals surface area contributed by atoms with Gasteiger partial charge in [0.15, 0.2) is 0 Å². The van der Waals surface area contributed by atoms with Crippen molar-refractivity contribution in [3.8, 4) is 11.1 Å². The molecule has 1 atom stereocenters. The van der Waals surface area contributed by atoms with Gasteiger partial charge in [0.2, 0.25) is 5.95 Å². The van der Waals surface area contributed by atoms with Crippen LogP contribution in [0.2, 0.25) is 0 Å². The molecule has 3 aliphatic heterocycles. The van der Waals surface area contributed by atoms with Crippen molar-refractivity contribution in [2.24, 2.45) is 5.41 Å². The van der Waals surface area contributed by atoms with Gasteiger partial charge >= 0.3 is 0 Å². The first-order valence-electron chi connectivity index (χ1n) is 11.6. The SMILES string of the molecule is c1ccc([C@H]2COCc3nc4ccc(-c5cnc(N6CCC7(COC7)C6)nc5)cc4n32)cc1. The molecule has 1 spiro atoms. The van der Waals surface area contributed by atoms with E-state index in [4.69, 9.17) is 24.4 Å². The van der Waals surface area contributed by atoms with Gasteiger partial charge in [-0.2, -0.15) is 0 Å². The monoisotopic (exact) mass is 439 g/mol. The summed E-state index contributed by atoms with van der Waals surface area (Å²) >= 11 is 0. The summed E-state index contributed by atoms with van der Waals surface area (Å²) in [6.07, 6.45) is 5.04. The fraction of sp³-hybridized carbons (Fsp3) is 0.346. The molecule has 3 aliphatic rings. The first-order chi connectivity index (χ1) is 16.3. The zero-order chi connectivity index (χ0) is 21.8. The van der Waals surface area contributed by atoms with Crippen molar-refractivity contribution in [2.45, 2.75) is 19.1 Å². The number of hydrogen-bond donors (Lipinski definition) is 0. The molecule has 166 valence electrons. The summed E-state index contributed by atoms with van der Waals surface area (Å²) in [5, 5.41) is 0. The molecule has 7 heteroatoms. The second-order valence-corrected chi connectivity index (χ2v) is 9.48. The van der Waals surface area contributed by atoms with Gasteiger partial charge in [-0.3, -0.25) is 0 Å². The van der Waals surface area contributed by atoms with Gasteiger partial charge in [0, 0.05) is 36.5 Å². The number of hydrogen-bond acceptors (Lipinski definition) is 6. The van der Waals surface area contributed by atoms with Crippen LogP contribution in [0.25, 0.3) is 22.2 Å². The molecular weight excluding hydrogens is 414 g/mol. The molecule has 0 bridgehead atoms. The van der Waals surface area contributed by atoms with E-state index in [1.807, 2.05) is 18.5 Å². The van der Waals surface area contributed by atoms with E-state index in [-0.39, 0.29) is 6.04 Å². The summed E-state index contributed by atoms with van der Waals surface area (Å²) in [5.41, 5.74) is 5.78. The van der Waals surface area contributed by atoms with Crippen LogP contribution in [-0.4, -0.2) is 52.4 Å². The molecule has 7 rings (SSSR count). The lowest BCUT2D eigenvalue weighted by molar-refractivity contribution is -0.0985. The maximum absolute atomic E-state index is 5.88. The Balaban J connectivity index is 1.22. The van der Waals surface area contributed by atoms with Crippen LogP contribution in [0.4, 0.5) is 5.95 Å². The van der Waals surface area contributed by atoms with Crippen molar-refractivity contribution in [1.29, 1.82) is 0 Å². The fourth-order valence-corrected chi connectivity index (χ4v) is 5.39. The molecule has 2 aromatic carbocycles. The van der Waals surface area contributed by atoms with Crippen LogP contribution < -0.4 is 4.90 Å². The van der Waals surface area contributed by atoms with Crippen LogP contribution in [0.5, 0.6) is 0 Å². The van der Waals surface area contributed by atoms with Gasteiger partial charge < -0.3 is 18.9 Å². The average molecular weight is 440 g/mol. The van der Waals surface area contributed by atoms with E-state index < -0.39 is 0 Å². The lowest BCUT2D eigenvalue weighted by Gasteiger charge is -2.37. The van der Waals surface area contributed by atoms with Crippen LogP contribution in [0.3, 0.4) is 0 Å². The van der Waals surface area contributed by atoms with E-state index in [1.165, 1.54) is 5.56 Å². The third kappa shape index (κ3) is 3.14. The predicted molar refractivity (Wildman–Crippen MR) is 125 cm³/mol. The molecule has 5 heterocycles. The second kappa shape index (κ2) is 7.37. The number of fused-ring (bicyclic) bond motifs is 3. The Labute approximate surface area is 192 Å². The minimum atomic E-state index is 0.117. The van der Waals surface area contributed by atoms with Gasteiger partial charge in [0.25, 0.3) is 0 Å². The van der Waals surface area contributed by atoms with Crippen molar-refractivity contribution < 1.29 is 9.47 Å². The number of ether oxygens (including phenoxy) is 2. The number of benzene rings is 2. The molecule has 2 fully saturated rings. The van der Waals surface area contributed by atoms with Gasteiger partial charge in [0.05, 0.1) is 36.9 Å². The van der Waals surface area contributed by atoms with Crippen molar-refractivity contribution >= 4 is 17.0 Å². The smallest absolute Gasteiger partial charge is 0.225 e. The Hall–Kier alpha value is -3.29. The molecule has 33 heavy (non-hydrogen) atoms. The minimum Gasteiger partial charge on any atom is -0.380 e. The van der Waals surface area contributed by atoms with E-state index in [0.717, 1.165) is 66.7 Å². The second-order valence-electron chi connectivity index (χ2n) is 9.48. The Morgan fingerprint density at radius 3 is 2.55 bits per heavy atom. The van der Waals surface area contributed by atoms with E-state index in [0.29, 0.717) is 18.6 Å². The molecule has 0 amide bonds. The summed E-state index contributed by atoms with van der Waals surface area (Å²) in [5.74, 6) is 1.78. The fourth-order valence-electron chi connectivity index (χ4n) is 5.39. The van der Waals surface area contributed by atoms with Gasteiger partial charge in [0.1, 0.15) is 12.4 Å². The molecule has 0 aliphatic carbocycles. The van der Waals surface area contributed by atoms with E-state index in [2.05, 4.69) is 51.9 Å². The minimum absolute atomic E-state index is 0.117. The molecule has 2 saturated heterocycles. The van der Waals surface area contributed by atoms with E-state index in [9.17, 15) is 0 Å². The van der Waals surface area contributed by atoms with Crippen LogP contribution in [0, 0.1) is 5.41 Å². The largest absolute Gasteiger partial charge is 0.380 e. The van der Waals surface area contributed by atoms with Crippen molar-refractivity contribution in [2.75, 3.05) is 37.8 Å². The summed E-state index contributed by atoms with van der Waals surface area (Å²) in [7, 11) is 0. The molecule has 0 unspecified atom stereocenters. The zero-order valence-electron chi connectivity index (χ0n) is 18.4. The quantitative estimate of drug-likeness (QED) is 0.483. The van der Waals surface area contributed by atoms with Crippen LogP contribution in [-0.2, 0) is 16.1 Å². The van der Waals surface area contributed by atoms with Crippen molar-refractivity contribution in [3.63, 3.8) is 0 Å². The third-order valence-electron chi connectivity index (χ3n) is 7.27. The molecule has 2 aromatic heterocycles. The molecule has 7 nitrogen and oxygen atoms in total. The van der Waals surface area contributed by atoms with E-state index in [1.54, 1.807) is 0 Å². The lowest BCUT2D eigenvalue weighted by atomic mass is 9.85. The Morgan fingerprint density at radius 1 is 0.939 bits per heavy atom. The highest BCUT2D eigenvalue weighted by Gasteiger charge is 2.45. The third-order valence-corrected chi connectivity index (χ3v) is 7.27. The molecule has 0 saturated carbocycles. The lowest BCUT2D eigenvalue weighted by Crippen LogP contribution is -2.44. The topological polar surface area (TPSA) is 65.3 Å². The molecule has 0 radical (unpaired) electrons. The number of imidazole rings is 1. The number of anilines is 1. The van der Waals surface area contributed by atoms with Gasteiger partial charge in [-0.1, -0.05) is 36.4 Å². The standard InChI is InChI=1S/C26H25N5O2/c1-2-4-18(5-3-1)23-13-32-14-24-29-21-7-6-19(10-22(21)31(23)24)20-11-27-25(28-12-20)30-9-8-26(15-30)16-33-17-26/h1-7,10-12,23H,8-9,13-17H2/t23-/m1/s1. The number of rotatable bonds is 3. The molecule has 0 N–H and O–H groups in total. The highest BCUT2D eigenvalue weighted by Crippen LogP contribution is 2.39. The predicted octanol–water partition coefficient (Wildman–Crippen LogP) is 3.84. The Kier molecular flexibility index (Phi) is 4.29. The van der Waals surface area contributed by atoms with Crippen LogP contribution >= 0.6 is 0 Å². The van der Waals surface area contributed by atoms with Crippen LogP contribution in [0.15, 0.2) is 60.9 Å². The first-order valence-corrected chi connectivity index (χ1v) is 11.6. The van der Waals surface area contributed by atoms with E-state index >= 15 is 0 Å². The Bertz CT molecular complexity index is 1310. The normalized spacial score (nSPS) is 21.3. The van der Waals surface area contributed by atoms with Gasteiger partial charge in [-0.25, -0.2) is 15.0 Å². The molecular formula is C26H25N5O2. The summed E-state index contributed by atoms with van der Waals surface area (Å²) in [6.45, 7) is 4.90. The van der Waals surface area contributed by atoms with Gasteiger partial charge in [-0.05, 0) is 29.7 Å². The summed E-state index contributed by atoms with van der Waals surface area (Å²) < 4.78 is 13.7. The summed E-state index contributed by atoms with van der Waals surface area (Å²) in [4.78, 5) is 16.6. The zero-order valence-corrected chi connectivity index (χ0v) is 18.4. The highest BCUT2D eigenvalue weighted by atomic mass is 16.5. The average Bonchev–Trinajstić information content (AvgIpc) is 3.47. The number of nitrogens with zero attached hydrogens (tertiary/aromatic N) is 5. The maximum atomic E-state index is 5.88. The first kappa shape index (κ1) is 19.2.